The van der Waals surface area contributed by atoms with Crippen LogP contribution in [0.5, 0.6) is 0 Å². The minimum Gasteiger partial charge on any atom is -0.258 e. The zero-order valence-corrected chi connectivity index (χ0v) is 14.3. The zero-order valence-electron chi connectivity index (χ0n) is 11.9. The Morgan fingerprint density at radius 3 is 2.65 bits per heavy atom. The summed E-state index contributed by atoms with van der Waals surface area (Å²) >= 11 is 7.23. The third-order valence-corrected chi connectivity index (χ3v) is 6.59. The summed E-state index contributed by atoms with van der Waals surface area (Å²) in [6.07, 6.45) is 1.54. The van der Waals surface area contributed by atoms with Gasteiger partial charge in [0.2, 0.25) is 10.0 Å². The van der Waals surface area contributed by atoms with E-state index in [2.05, 4.69) is 0 Å². The lowest BCUT2D eigenvalue weighted by atomic mass is 10.3. The van der Waals surface area contributed by atoms with Crippen LogP contribution in [0.1, 0.15) is 17.7 Å². The summed E-state index contributed by atoms with van der Waals surface area (Å²) in [7, 11) is -3.97. The van der Waals surface area contributed by atoms with Crippen molar-refractivity contribution < 1.29 is 13.3 Å². The van der Waals surface area contributed by atoms with E-state index in [-0.39, 0.29) is 22.5 Å². The van der Waals surface area contributed by atoms with Gasteiger partial charge in [-0.25, -0.2) is 8.42 Å². The first-order valence-corrected chi connectivity index (χ1v) is 9.57. The van der Waals surface area contributed by atoms with Crippen LogP contribution in [0.3, 0.4) is 0 Å². The molecule has 0 spiro atoms. The molecule has 1 aliphatic rings. The van der Waals surface area contributed by atoms with Crippen LogP contribution in [0.15, 0.2) is 40.6 Å². The molecular weight excluding hydrogens is 360 g/mol. The molecule has 6 nitrogen and oxygen atoms in total. The molecule has 0 atom stereocenters. The van der Waals surface area contributed by atoms with Crippen molar-refractivity contribution in [3.05, 3.63) is 55.7 Å². The van der Waals surface area contributed by atoms with Crippen molar-refractivity contribution in [3.63, 3.8) is 0 Å². The zero-order chi connectivity index (χ0) is 16.6. The standard InChI is InChI=1S/C14H13ClN2O4S2/c15-10-3-6-14(13(8-10)17(18)19)23(20,21)16(11-4-5-11)9-12-2-1-7-22-12/h1-3,6-8,11H,4-5,9H2. The van der Waals surface area contributed by atoms with Crippen LogP contribution in [0.25, 0.3) is 0 Å². The number of sulfonamides is 1. The van der Waals surface area contributed by atoms with Crippen molar-refractivity contribution in [2.75, 3.05) is 0 Å². The minimum atomic E-state index is -3.97. The van der Waals surface area contributed by atoms with Gasteiger partial charge in [-0.15, -0.1) is 11.3 Å². The molecular formula is C14H13ClN2O4S2. The molecule has 23 heavy (non-hydrogen) atoms. The topological polar surface area (TPSA) is 80.5 Å². The molecule has 2 aromatic rings. The molecule has 1 saturated carbocycles. The van der Waals surface area contributed by atoms with Gasteiger partial charge in [0.25, 0.3) is 5.69 Å². The molecule has 1 aromatic carbocycles. The fraction of sp³-hybridized carbons (Fsp3) is 0.286. The number of hydrogen-bond donors (Lipinski definition) is 0. The fourth-order valence-corrected chi connectivity index (χ4v) is 5.06. The summed E-state index contributed by atoms with van der Waals surface area (Å²) in [4.78, 5) is 11.1. The molecule has 9 heteroatoms. The van der Waals surface area contributed by atoms with Crippen molar-refractivity contribution in [3.8, 4) is 0 Å². The number of hydrogen-bond acceptors (Lipinski definition) is 5. The summed E-state index contributed by atoms with van der Waals surface area (Å²) in [6, 6.07) is 7.24. The van der Waals surface area contributed by atoms with E-state index in [1.165, 1.54) is 27.8 Å². The van der Waals surface area contributed by atoms with Crippen LogP contribution in [-0.2, 0) is 16.6 Å². The third kappa shape index (κ3) is 3.40. The van der Waals surface area contributed by atoms with E-state index in [9.17, 15) is 18.5 Å². The van der Waals surface area contributed by atoms with Gasteiger partial charge in [-0.2, -0.15) is 4.31 Å². The minimum absolute atomic E-state index is 0.0996. The lowest BCUT2D eigenvalue weighted by Gasteiger charge is -2.21. The first kappa shape index (κ1) is 16.4. The highest BCUT2D eigenvalue weighted by Gasteiger charge is 2.41. The van der Waals surface area contributed by atoms with Crippen molar-refractivity contribution in [1.29, 1.82) is 0 Å². The molecule has 0 N–H and O–H groups in total. The van der Waals surface area contributed by atoms with Crippen molar-refractivity contribution in [2.45, 2.75) is 30.3 Å². The molecule has 0 amide bonds. The van der Waals surface area contributed by atoms with Crippen LogP contribution in [0.4, 0.5) is 5.69 Å². The average molecular weight is 373 g/mol. The molecule has 3 rings (SSSR count). The smallest absolute Gasteiger partial charge is 0.258 e. The normalized spacial score (nSPS) is 15.0. The molecule has 0 aliphatic heterocycles. The maximum Gasteiger partial charge on any atom is 0.290 e. The van der Waals surface area contributed by atoms with Crippen LogP contribution in [0.2, 0.25) is 5.02 Å². The van der Waals surface area contributed by atoms with E-state index in [1.807, 2.05) is 17.5 Å². The van der Waals surface area contributed by atoms with E-state index in [4.69, 9.17) is 11.6 Å². The number of benzene rings is 1. The summed E-state index contributed by atoms with van der Waals surface area (Å²) in [5.41, 5.74) is -0.491. The Balaban J connectivity index is 2.03. The predicted octanol–water partition coefficient (Wildman–Crippen LogP) is 3.66. The highest BCUT2D eigenvalue weighted by molar-refractivity contribution is 7.89. The molecule has 0 unspecified atom stereocenters. The number of rotatable bonds is 6. The lowest BCUT2D eigenvalue weighted by Crippen LogP contribution is -2.32. The van der Waals surface area contributed by atoms with E-state index in [0.29, 0.717) is 0 Å². The number of nitrogens with zero attached hydrogens (tertiary/aromatic N) is 2. The van der Waals surface area contributed by atoms with Gasteiger partial charge >= 0.3 is 0 Å². The summed E-state index contributed by atoms with van der Waals surface area (Å²) in [5, 5.41) is 13.2. The maximum atomic E-state index is 13.0. The number of nitro benzene ring substituents is 1. The van der Waals surface area contributed by atoms with Crippen molar-refractivity contribution in [1.82, 2.24) is 4.31 Å². The Bertz CT molecular complexity index is 832. The molecule has 0 radical (unpaired) electrons. The second-order valence-electron chi connectivity index (χ2n) is 5.23. The quantitative estimate of drug-likeness (QED) is 0.572. The van der Waals surface area contributed by atoms with Crippen LogP contribution in [-0.4, -0.2) is 23.7 Å². The maximum absolute atomic E-state index is 13.0. The Morgan fingerprint density at radius 1 is 1.35 bits per heavy atom. The predicted molar refractivity (Wildman–Crippen MR) is 88.2 cm³/mol. The summed E-state index contributed by atoms with van der Waals surface area (Å²) < 4.78 is 27.3. The van der Waals surface area contributed by atoms with Crippen molar-refractivity contribution in [2.24, 2.45) is 0 Å². The lowest BCUT2D eigenvalue weighted by molar-refractivity contribution is -0.387. The monoisotopic (exact) mass is 372 g/mol. The highest BCUT2D eigenvalue weighted by atomic mass is 35.5. The molecule has 1 heterocycles. The Hall–Kier alpha value is -1.48. The van der Waals surface area contributed by atoms with E-state index in [0.717, 1.165) is 23.8 Å². The molecule has 1 fully saturated rings. The van der Waals surface area contributed by atoms with E-state index < -0.39 is 20.6 Å². The Kier molecular flexibility index (Phi) is 4.41. The second kappa shape index (κ2) is 6.20. The SMILES string of the molecule is O=[N+]([O-])c1cc(Cl)ccc1S(=O)(=O)N(Cc1cccs1)C1CC1. The number of halogens is 1. The van der Waals surface area contributed by atoms with E-state index in [1.54, 1.807) is 0 Å². The van der Waals surface area contributed by atoms with E-state index >= 15 is 0 Å². The second-order valence-corrected chi connectivity index (χ2v) is 8.56. The van der Waals surface area contributed by atoms with Crippen molar-refractivity contribution >= 4 is 38.6 Å². The van der Waals surface area contributed by atoms with Gasteiger partial charge in [-0.05, 0) is 36.4 Å². The number of thiophene rings is 1. The van der Waals surface area contributed by atoms with Crippen LogP contribution in [0, 0.1) is 10.1 Å². The molecule has 0 bridgehead atoms. The fourth-order valence-electron chi connectivity index (χ4n) is 2.31. The van der Waals surface area contributed by atoms with Gasteiger partial charge in [-0.3, -0.25) is 10.1 Å². The van der Waals surface area contributed by atoms with Gasteiger partial charge < -0.3 is 0 Å². The van der Waals surface area contributed by atoms with Gasteiger partial charge in [0, 0.05) is 28.6 Å². The van der Waals surface area contributed by atoms with Crippen LogP contribution < -0.4 is 0 Å². The largest absolute Gasteiger partial charge is 0.290 e. The van der Waals surface area contributed by atoms with Gasteiger partial charge in [0.05, 0.1) is 4.92 Å². The van der Waals surface area contributed by atoms with Crippen LogP contribution >= 0.6 is 22.9 Å². The summed E-state index contributed by atoms with van der Waals surface area (Å²) in [5.74, 6) is 0. The summed E-state index contributed by atoms with van der Waals surface area (Å²) in [6.45, 7) is 0.227. The Labute approximate surface area is 142 Å². The average Bonchev–Trinajstić information content (AvgIpc) is 3.20. The van der Waals surface area contributed by atoms with Gasteiger partial charge in [0.1, 0.15) is 0 Å². The first-order chi connectivity index (χ1) is 10.9. The first-order valence-electron chi connectivity index (χ1n) is 6.88. The molecule has 122 valence electrons. The highest BCUT2D eigenvalue weighted by Crippen LogP contribution is 2.37. The Morgan fingerprint density at radius 2 is 2.09 bits per heavy atom. The number of nitro groups is 1. The van der Waals surface area contributed by atoms with Gasteiger partial charge in [0.15, 0.2) is 4.90 Å². The molecule has 1 aromatic heterocycles. The third-order valence-electron chi connectivity index (χ3n) is 3.55. The molecule has 1 aliphatic carbocycles. The molecule has 0 saturated heterocycles. The van der Waals surface area contributed by atoms with Gasteiger partial charge in [-0.1, -0.05) is 17.7 Å².